The van der Waals surface area contributed by atoms with Gasteiger partial charge >= 0.3 is 5.97 Å². The van der Waals surface area contributed by atoms with Crippen molar-refractivity contribution in [3.05, 3.63) is 76.1 Å². The first kappa shape index (κ1) is 19.8. The van der Waals surface area contributed by atoms with Crippen molar-refractivity contribution in [2.24, 2.45) is 0 Å². The average molecular weight is 411 g/mol. The van der Waals surface area contributed by atoms with E-state index in [-0.39, 0.29) is 5.69 Å². The first-order valence-electron chi connectivity index (χ1n) is 9.45. The molecule has 0 spiro atoms. The predicted molar refractivity (Wildman–Crippen MR) is 106 cm³/mol. The molecule has 0 atom stereocenters. The van der Waals surface area contributed by atoms with Crippen molar-refractivity contribution >= 4 is 17.6 Å². The number of nitrogens with zero attached hydrogens (tertiary/aromatic N) is 2. The van der Waals surface area contributed by atoms with Crippen LogP contribution in [0, 0.1) is 18.6 Å². The topological polar surface area (TPSA) is 73.2 Å². The average Bonchev–Trinajstić information content (AvgIpc) is 3.33. The van der Waals surface area contributed by atoms with Crippen LogP contribution in [0.3, 0.4) is 0 Å². The number of esters is 1. The highest BCUT2D eigenvalue weighted by Crippen LogP contribution is 2.29. The van der Waals surface area contributed by atoms with Crippen molar-refractivity contribution in [1.82, 2.24) is 9.78 Å². The lowest BCUT2D eigenvalue weighted by atomic mass is 10.1. The molecule has 1 amide bonds. The fourth-order valence-corrected chi connectivity index (χ4v) is 3.68. The van der Waals surface area contributed by atoms with Gasteiger partial charge in [0.1, 0.15) is 0 Å². The van der Waals surface area contributed by atoms with Crippen LogP contribution in [-0.2, 0) is 17.6 Å². The number of halogens is 2. The van der Waals surface area contributed by atoms with Crippen molar-refractivity contribution in [2.45, 2.75) is 26.2 Å². The second-order valence-electron chi connectivity index (χ2n) is 7.11. The fraction of sp³-hybridized carbons (Fsp3) is 0.227. The van der Waals surface area contributed by atoms with Crippen molar-refractivity contribution in [2.75, 3.05) is 12.4 Å². The van der Waals surface area contributed by atoms with Gasteiger partial charge < -0.3 is 10.1 Å². The van der Waals surface area contributed by atoms with Gasteiger partial charge in [-0.15, -0.1) is 0 Å². The van der Waals surface area contributed by atoms with Crippen LogP contribution in [0.2, 0.25) is 0 Å². The van der Waals surface area contributed by atoms with Crippen LogP contribution >= 0.6 is 0 Å². The molecule has 0 saturated heterocycles. The number of aryl methyl sites for hydroxylation is 1. The molecule has 6 nitrogen and oxygen atoms in total. The zero-order valence-electron chi connectivity index (χ0n) is 16.5. The number of ether oxygens (including phenoxy) is 1. The van der Waals surface area contributed by atoms with Crippen LogP contribution in [0.4, 0.5) is 14.5 Å². The van der Waals surface area contributed by atoms with Crippen LogP contribution in [-0.4, -0.2) is 28.8 Å². The van der Waals surface area contributed by atoms with E-state index >= 15 is 0 Å². The lowest BCUT2D eigenvalue weighted by molar-refractivity contribution is 0.0600. The lowest BCUT2D eigenvalue weighted by Gasteiger charge is -2.09. The second kappa shape index (κ2) is 7.70. The molecule has 8 heteroatoms. The highest BCUT2D eigenvalue weighted by molar-refractivity contribution is 6.05. The third kappa shape index (κ3) is 3.45. The van der Waals surface area contributed by atoms with E-state index in [0.29, 0.717) is 35.3 Å². The minimum absolute atomic E-state index is 0.253. The molecule has 1 N–H and O–H groups in total. The molecule has 0 unspecified atom stereocenters. The van der Waals surface area contributed by atoms with Gasteiger partial charge in [0.2, 0.25) is 0 Å². The first-order valence-corrected chi connectivity index (χ1v) is 9.45. The van der Waals surface area contributed by atoms with Gasteiger partial charge in [0, 0.05) is 23.0 Å². The highest BCUT2D eigenvalue weighted by Gasteiger charge is 2.27. The van der Waals surface area contributed by atoms with Gasteiger partial charge in [-0.2, -0.15) is 5.10 Å². The Hall–Kier alpha value is -3.55. The number of rotatable bonds is 4. The Morgan fingerprint density at radius 3 is 2.60 bits per heavy atom. The summed E-state index contributed by atoms with van der Waals surface area (Å²) in [6.45, 7) is 1.77. The molecule has 0 aliphatic heterocycles. The summed E-state index contributed by atoms with van der Waals surface area (Å²) in [5.41, 5.74) is 3.87. The molecular weight excluding hydrogens is 392 g/mol. The molecule has 4 rings (SSSR count). The zero-order chi connectivity index (χ0) is 21.4. The van der Waals surface area contributed by atoms with Gasteiger partial charge in [-0.05, 0) is 62.1 Å². The maximum absolute atomic E-state index is 13.7. The van der Waals surface area contributed by atoms with E-state index in [2.05, 4.69) is 10.4 Å². The van der Waals surface area contributed by atoms with Gasteiger partial charge in [-0.1, -0.05) is 0 Å². The summed E-state index contributed by atoms with van der Waals surface area (Å²) in [7, 11) is 1.30. The maximum atomic E-state index is 13.7. The van der Waals surface area contributed by atoms with Crippen LogP contribution in [0.5, 0.6) is 0 Å². The Morgan fingerprint density at radius 1 is 1.10 bits per heavy atom. The molecule has 0 fully saturated rings. The van der Waals surface area contributed by atoms with Crippen LogP contribution in [0.1, 0.15) is 44.1 Å². The molecule has 0 radical (unpaired) electrons. The summed E-state index contributed by atoms with van der Waals surface area (Å²) in [5, 5.41) is 7.22. The summed E-state index contributed by atoms with van der Waals surface area (Å²) in [4.78, 5) is 24.6. The number of nitrogens with one attached hydrogen (secondary N) is 1. The van der Waals surface area contributed by atoms with Gasteiger partial charge in [-0.3, -0.25) is 4.79 Å². The normalized spacial score (nSPS) is 12.5. The van der Waals surface area contributed by atoms with E-state index in [9.17, 15) is 18.4 Å². The maximum Gasteiger partial charge on any atom is 0.337 e. The van der Waals surface area contributed by atoms with Gasteiger partial charge in [0.05, 0.1) is 18.4 Å². The Labute approximate surface area is 171 Å². The summed E-state index contributed by atoms with van der Waals surface area (Å²) < 4.78 is 33.2. The van der Waals surface area contributed by atoms with Crippen molar-refractivity contribution in [3.63, 3.8) is 0 Å². The van der Waals surface area contributed by atoms with Crippen LogP contribution in [0.15, 0.2) is 36.4 Å². The van der Waals surface area contributed by atoms with E-state index in [0.717, 1.165) is 29.8 Å². The number of carbonyl (C=O) groups excluding carboxylic acids is 2. The smallest absolute Gasteiger partial charge is 0.337 e. The minimum Gasteiger partial charge on any atom is -0.465 e. The molecule has 1 heterocycles. The largest absolute Gasteiger partial charge is 0.465 e. The lowest BCUT2D eigenvalue weighted by Crippen LogP contribution is -2.16. The van der Waals surface area contributed by atoms with Crippen molar-refractivity contribution in [1.29, 1.82) is 0 Å². The number of carbonyl (C=O) groups is 2. The Balaban J connectivity index is 1.66. The van der Waals surface area contributed by atoms with Crippen molar-refractivity contribution in [3.8, 4) is 5.69 Å². The summed E-state index contributed by atoms with van der Waals surface area (Å²) in [5.74, 6) is -2.77. The zero-order valence-corrected chi connectivity index (χ0v) is 16.5. The monoisotopic (exact) mass is 411 g/mol. The van der Waals surface area contributed by atoms with E-state index in [4.69, 9.17) is 4.74 Å². The fourth-order valence-electron chi connectivity index (χ4n) is 3.68. The molecule has 1 aliphatic rings. The standard InChI is InChI=1S/C22H19F2N3O3/c1-12-10-13(22(29)30-2)6-9-18(12)25-21(28)20-15-4-3-5-19(15)27(26-20)14-7-8-16(23)17(24)11-14/h6-11H,3-5H2,1-2H3,(H,25,28). The molecule has 0 bridgehead atoms. The molecule has 2 aromatic carbocycles. The summed E-state index contributed by atoms with van der Waals surface area (Å²) >= 11 is 0. The van der Waals surface area contributed by atoms with Crippen LogP contribution in [0.25, 0.3) is 5.69 Å². The Kier molecular flexibility index (Phi) is 5.07. The molecule has 30 heavy (non-hydrogen) atoms. The van der Waals surface area contributed by atoms with E-state index in [1.807, 2.05) is 0 Å². The quantitative estimate of drug-likeness (QED) is 0.659. The number of amides is 1. The molecule has 3 aromatic rings. The predicted octanol–water partition coefficient (Wildman–Crippen LogP) is 3.99. The Morgan fingerprint density at radius 2 is 1.90 bits per heavy atom. The molecule has 1 aromatic heterocycles. The summed E-state index contributed by atoms with van der Waals surface area (Å²) in [6, 6.07) is 8.37. The van der Waals surface area contributed by atoms with E-state index in [1.54, 1.807) is 25.1 Å². The van der Waals surface area contributed by atoms with Gasteiger partial charge in [0.25, 0.3) is 5.91 Å². The third-order valence-corrected chi connectivity index (χ3v) is 5.19. The number of hydrogen-bond donors (Lipinski definition) is 1. The Bertz CT molecular complexity index is 1170. The van der Waals surface area contributed by atoms with E-state index in [1.165, 1.54) is 17.9 Å². The number of anilines is 1. The molecular formula is C22H19F2N3O3. The number of fused-ring (bicyclic) bond motifs is 1. The van der Waals surface area contributed by atoms with Gasteiger partial charge in [-0.25, -0.2) is 18.3 Å². The summed E-state index contributed by atoms with van der Waals surface area (Å²) in [6.07, 6.45) is 2.23. The molecule has 1 aliphatic carbocycles. The third-order valence-electron chi connectivity index (χ3n) is 5.19. The number of aromatic nitrogens is 2. The first-order chi connectivity index (χ1) is 14.4. The second-order valence-corrected chi connectivity index (χ2v) is 7.11. The molecule has 0 saturated carbocycles. The van der Waals surface area contributed by atoms with Crippen LogP contribution < -0.4 is 5.32 Å². The molecule has 154 valence electrons. The SMILES string of the molecule is COC(=O)c1ccc(NC(=O)c2nn(-c3ccc(F)c(F)c3)c3c2CCC3)c(C)c1. The number of benzene rings is 2. The minimum atomic E-state index is -0.970. The van der Waals surface area contributed by atoms with Crippen molar-refractivity contribution < 1.29 is 23.1 Å². The van der Waals surface area contributed by atoms with E-state index < -0.39 is 23.5 Å². The van der Waals surface area contributed by atoms with Gasteiger partial charge in [0.15, 0.2) is 17.3 Å². The highest BCUT2D eigenvalue weighted by atomic mass is 19.2. The number of methoxy groups -OCH3 is 1. The number of hydrogen-bond acceptors (Lipinski definition) is 4.